The number of rotatable bonds is 4. The van der Waals surface area contributed by atoms with Gasteiger partial charge < -0.3 is 10.4 Å². The van der Waals surface area contributed by atoms with Gasteiger partial charge in [-0.25, -0.2) is 0 Å². The third kappa shape index (κ3) is 3.90. The third-order valence-electron chi connectivity index (χ3n) is 2.54. The van der Waals surface area contributed by atoms with Gasteiger partial charge in [-0.05, 0) is 19.8 Å². The van der Waals surface area contributed by atoms with Crippen LogP contribution in [-0.2, 0) is 9.59 Å². The van der Waals surface area contributed by atoms with Crippen LogP contribution in [0.25, 0.3) is 0 Å². The Morgan fingerprint density at radius 2 is 1.59 bits per heavy atom. The van der Waals surface area contributed by atoms with E-state index in [0.717, 1.165) is 0 Å². The van der Waals surface area contributed by atoms with E-state index in [9.17, 15) is 22.8 Å². The summed E-state index contributed by atoms with van der Waals surface area (Å²) in [5, 5.41) is 10.7. The molecule has 17 heavy (non-hydrogen) atoms. The second kappa shape index (κ2) is 4.93. The van der Waals surface area contributed by atoms with E-state index in [1.807, 2.05) is 0 Å². The van der Waals surface area contributed by atoms with Crippen LogP contribution >= 0.6 is 0 Å². The van der Waals surface area contributed by atoms with Crippen molar-refractivity contribution in [2.75, 3.05) is 0 Å². The quantitative estimate of drug-likeness (QED) is 0.805. The van der Waals surface area contributed by atoms with Crippen molar-refractivity contribution in [3.63, 3.8) is 0 Å². The largest absolute Gasteiger partial charge is 0.481 e. The Labute approximate surface area is 97.2 Å². The maximum absolute atomic E-state index is 12.1. The van der Waals surface area contributed by atoms with Gasteiger partial charge in [0.2, 0.25) is 0 Å². The molecule has 0 saturated heterocycles. The van der Waals surface area contributed by atoms with Gasteiger partial charge in [-0.1, -0.05) is 13.8 Å². The first kappa shape index (κ1) is 15.7. The van der Waals surface area contributed by atoms with Crippen LogP contribution in [0.1, 0.15) is 27.7 Å². The molecular formula is C10H16F3NO3. The number of hydrogen-bond acceptors (Lipinski definition) is 2. The van der Waals surface area contributed by atoms with Gasteiger partial charge in [-0.3, -0.25) is 9.59 Å². The van der Waals surface area contributed by atoms with E-state index in [4.69, 9.17) is 5.11 Å². The molecule has 4 nitrogen and oxygen atoms in total. The third-order valence-corrected chi connectivity index (χ3v) is 2.54. The first-order chi connectivity index (χ1) is 7.40. The van der Waals surface area contributed by atoms with Gasteiger partial charge in [0.1, 0.15) is 0 Å². The van der Waals surface area contributed by atoms with Crippen LogP contribution in [0.2, 0.25) is 0 Å². The Morgan fingerprint density at radius 3 is 1.82 bits per heavy atom. The van der Waals surface area contributed by atoms with Crippen molar-refractivity contribution >= 4 is 11.9 Å². The highest BCUT2D eigenvalue weighted by atomic mass is 19.4. The minimum Gasteiger partial charge on any atom is -0.481 e. The highest BCUT2D eigenvalue weighted by Gasteiger charge is 2.45. The molecule has 1 amide bonds. The van der Waals surface area contributed by atoms with Crippen LogP contribution in [0, 0.1) is 11.3 Å². The van der Waals surface area contributed by atoms with Crippen molar-refractivity contribution < 1.29 is 27.9 Å². The topological polar surface area (TPSA) is 66.4 Å². The minimum absolute atomic E-state index is 0.438. The fraction of sp³-hybridized carbons (Fsp3) is 0.800. The van der Waals surface area contributed by atoms with Gasteiger partial charge in [0.25, 0.3) is 0 Å². The lowest BCUT2D eigenvalue weighted by molar-refractivity contribution is -0.176. The lowest BCUT2D eigenvalue weighted by Gasteiger charge is -2.34. The number of carboxylic acids is 1. The molecule has 0 aromatic rings. The normalized spacial score (nSPS) is 14.6. The number of aliphatic carboxylic acids is 1. The van der Waals surface area contributed by atoms with E-state index in [1.165, 1.54) is 13.8 Å². The molecule has 0 spiro atoms. The van der Waals surface area contributed by atoms with Crippen molar-refractivity contribution in [1.82, 2.24) is 5.32 Å². The molecule has 0 aromatic carbocycles. The zero-order valence-electron chi connectivity index (χ0n) is 10.1. The van der Waals surface area contributed by atoms with Crippen molar-refractivity contribution in [1.29, 1.82) is 0 Å². The molecule has 0 fully saturated rings. The van der Waals surface area contributed by atoms with Gasteiger partial charge in [-0.2, -0.15) is 13.2 Å². The lowest BCUT2D eigenvalue weighted by Crippen LogP contribution is -2.54. The molecule has 2 N–H and O–H groups in total. The molecule has 0 aliphatic carbocycles. The summed E-state index contributed by atoms with van der Waals surface area (Å²) in [6.07, 6.45) is -5.01. The minimum atomic E-state index is -5.01. The summed E-state index contributed by atoms with van der Waals surface area (Å²) in [4.78, 5) is 21.8. The maximum atomic E-state index is 12.1. The zero-order valence-corrected chi connectivity index (χ0v) is 10.1. The molecule has 0 unspecified atom stereocenters. The number of alkyl halides is 3. The van der Waals surface area contributed by atoms with Gasteiger partial charge in [0.05, 0.1) is 5.41 Å². The van der Waals surface area contributed by atoms with Crippen molar-refractivity contribution in [2.24, 2.45) is 11.3 Å². The molecule has 0 bridgehead atoms. The Kier molecular flexibility index (Phi) is 4.56. The van der Waals surface area contributed by atoms with Gasteiger partial charge in [-0.15, -0.1) is 0 Å². The van der Waals surface area contributed by atoms with Gasteiger partial charge in [0, 0.05) is 6.04 Å². The summed E-state index contributed by atoms with van der Waals surface area (Å²) in [7, 11) is 0. The van der Waals surface area contributed by atoms with E-state index in [1.54, 1.807) is 19.2 Å². The Morgan fingerprint density at radius 1 is 1.18 bits per heavy atom. The van der Waals surface area contributed by atoms with Crippen molar-refractivity contribution in [3.8, 4) is 0 Å². The number of carboxylic acid groups (broad SMARTS) is 1. The van der Waals surface area contributed by atoms with Gasteiger partial charge >= 0.3 is 18.1 Å². The SMILES string of the molecule is CC(C)[C@H](NC(=O)C(F)(F)F)C(C)(C)C(=O)O. The number of carbonyl (C=O) groups is 2. The number of carbonyl (C=O) groups excluding carboxylic acids is 1. The molecule has 7 heteroatoms. The van der Waals surface area contributed by atoms with Crippen LogP contribution in [0.3, 0.4) is 0 Å². The maximum Gasteiger partial charge on any atom is 0.471 e. The fourth-order valence-corrected chi connectivity index (χ4v) is 1.54. The Balaban J connectivity index is 5.04. The van der Waals surface area contributed by atoms with E-state index >= 15 is 0 Å². The molecule has 1 atom stereocenters. The number of amides is 1. The molecule has 0 aromatic heterocycles. The molecule has 0 aliphatic rings. The van der Waals surface area contributed by atoms with E-state index in [2.05, 4.69) is 0 Å². The molecular weight excluding hydrogens is 239 g/mol. The summed E-state index contributed by atoms with van der Waals surface area (Å²) in [6.45, 7) is 5.64. The standard InChI is InChI=1S/C10H16F3NO3/c1-5(2)6(9(3,4)8(16)17)14-7(15)10(11,12)13/h5-6H,1-4H3,(H,14,15)(H,16,17)/t6-/m0/s1. The van der Waals surface area contributed by atoms with Crippen molar-refractivity contribution in [3.05, 3.63) is 0 Å². The molecule has 0 heterocycles. The fourth-order valence-electron chi connectivity index (χ4n) is 1.54. The number of hydrogen-bond donors (Lipinski definition) is 2. The second-order valence-corrected chi connectivity index (χ2v) is 4.72. The Bertz CT molecular complexity index is 310. The predicted octanol–water partition coefficient (Wildman–Crippen LogP) is 1.80. The second-order valence-electron chi connectivity index (χ2n) is 4.72. The lowest BCUT2D eigenvalue weighted by atomic mass is 9.78. The van der Waals surface area contributed by atoms with Crippen LogP contribution < -0.4 is 5.32 Å². The summed E-state index contributed by atoms with van der Waals surface area (Å²) < 4.78 is 36.3. The highest BCUT2D eigenvalue weighted by Crippen LogP contribution is 2.27. The summed E-state index contributed by atoms with van der Waals surface area (Å²) in [6, 6.07) is -1.10. The highest BCUT2D eigenvalue weighted by molar-refractivity contribution is 5.83. The van der Waals surface area contributed by atoms with Crippen LogP contribution in [0.5, 0.6) is 0 Å². The average molecular weight is 255 g/mol. The van der Waals surface area contributed by atoms with Gasteiger partial charge in [0.15, 0.2) is 0 Å². The van der Waals surface area contributed by atoms with E-state index < -0.39 is 35.4 Å². The molecule has 0 rings (SSSR count). The Hall–Kier alpha value is -1.27. The zero-order chi connectivity index (χ0) is 14.0. The number of nitrogens with one attached hydrogen (secondary N) is 1. The summed E-state index contributed by atoms with van der Waals surface area (Å²) >= 11 is 0. The smallest absolute Gasteiger partial charge is 0.471 e. The molecule has 0 aliphatic heterocycles. The molecule has 100 valence electrons. The van der Waals surface area contributed by atoms with E-state index in [0.29, 0.717) is 0 Å². The number of halogens is 3. The van der Waals surface area contributed by atoms with Crippen LogP contribution in [0.4, 0.5) is 13.2 Å². The van der Waals surface area contributed by atoms with E-state index in [-0.39, 0.29) is 0 Å². The first-order valence-electron chi connectivity index (χ1n) is 5.01. The summed E-state index contributed by atoms with van der Waals surface area (Å²) in [5.74, 6) is -3.82. The molecule has 0 saturated carbocycles. The van der Waals surface area contributed by atoms with Crippen LogP contribution in [0.15, 0.2) is 0 Å². The first-order valence-corrected chi connectivity index (χ1v) is 5.01. The van der Waals surface area contributed by atoms with Crippen molar-refractivity contribution in [2.45, 2.75) is 39.9 Å². The molecule has 0 radical (unpaired) electrons. The monoisotopic (exact) mass is 255 g/mol. The van der Waals surface area contributed by atoms with Crippen LogP contribution in [-0.4, -0.2) is 29.2 Å². The average Bonchev–Trinajstić information content (AvgIpc) is 2.10. The summed E-state index contributed by atoms with van der Waals surface area (Å²) in [5.41, 5.74) is -1.48. The predicted molar refractivity (Wildman–Crippen MR) is 54.2 cm³/mol.